The van der Waals surface area contributed by atoms with E-state index in [1.165, 1.54) is 0 Å². The molecule has 1 aromatic carbocycles. The Morgan fingerprint density at radius 2 is 2.00 bits per heavy atom. The first-order valence-electron chi connectivity index (χ1n) is 4.19. The molecular weight excluding hydrogens is 153 g/mol. The van der Waals surface area contributed by atoms with Crippen molar-refractivity contribution in [2.24, 2.45) is 0 Å². The van der Waals surface area contributed by atoms with Gasteiger partial charge in [-0.15, -0.1) is 0 Å². The van der Waals surface area contributed by atoms with Crippen molar-refractivity contribution >= 4 is 5.69 Å². The van der Waals surface area contributed by atoms with E-state index < -0.39 is 0 Å². The van der Waals surface area contributed by atoms with Gasteiger partial charge in [0.05, 0.1) is 6.67 Å². The number of benzene rings is 1. The lowest BCUT2D eigenvalue weighted by Crippen LogP contribution is -2.11. The number of rotatable bonds is 2. The molecule has 2 rings (SSSR count). The zero-order chi connectivity index (χ0) is 8.60. The molecule has 1 fully saturated rings. The van der Waals surface area contributed by atoms with E-state index in [2.05, 4.69) is 0 Å². The molecule has 1 aliphatic carbocycles. The summed E-state index contributed by atoms with van der Waals surface area (Å²) in [6, 6.07) is 7.57. The maximum Gasteiger partial charge on any atom is 0.0991 e. The number of para-hydroxylation sites is 1. The van der Waals surface area contributed by atoms with Crippen molar-refractivity contribution in [2.45, 2.75) is 18.3 Å². The molecule has 0 unspecified atom stereocenters. The third-order valence-electron chi connectivity index (χ3n) is 2.64. The Bertz CT molecular complexity index is 292. The molecule has 0 bridgehead atoms. The summed E-state index contributed by atoms with van der Waals surface area (Å²) in [6.45, 7) is -0.277. The molecule has 0 spiro atoms. The van der Waals surface area contributed by atoms with Crippen molar-refractivity contribution in [1.82, 2.24) is 0 Å². The van der Waals surface area contributed by atoms with Crippen LogP contribution < -0.4 is 5.73 Å². The number of anilines is 1. The molecule has 64 valence electrons. The number of nitrogen functional groups attached to an aromatic ring is 1. The highest BCUT2D eigenvalue weighted by atomic mass is 19.1. The maximum atomic E-state index is 12.6. The molecule has 2 N–H and O–H groups in total. The van der Waals surface area contributed by atoms with Gasteiger partial charge in [0.1, 0.15) is 0 Å². The van der Waals surface area contributed by atoms with Crippen LogP contribution >= 0.6 is 0 Å². The molecule has 0 saturated heterocycles. The summed E-state index contributed by atoms with van der Waals surface area (Å²) >= 11 is 0. The quantitative estimate of drug-likeness (QED) is 0.668. The highest BCUT2D eigenvalue weighted by Gasteiger charge is 2.45. The fraction of sp³-hybridized carbons (Fsp3) is 0.400. The molecule has 0 radical (unpaired) electrons. The fourth-order valence-electron chi connectivity index (χ4n) is 1.61. The molecule has 1 aliphatic rings. The van der Waals surface area contributed by atoms with Crippen LogP contribution in [0.15, 0.2) is 24.3 Å². The lowest BCUT2D eigenvalue weighted by molar-refractivity contribution is 0.418. The Balaban J connectivity index is 2.40. The van der Waals surface area contributed by atoms with Gasteiger partial charge < -0.3 is 5.73 Å². The van der Waals surface area contributed by atoms with Crippen LogP contribution in [0.2, 0.25) is 0 Å². The van der Waals surface area contributed by atoms with Gasteiger partial charge in [-0.25, -0.2) is 0 Å². The number of nitrogens with two attached hydrogens (primary N) is 1. The van der Waals surface area contributed by atoms with Gasteiger partial charge in [0, 0.05) is 11.1 Å². The second kappa shape index (κ2) is 2.47. The van der Waals surface area contributed by atoms with E-state index in [4.69, 9.17) is 5.73 Å². The first kappa shape index (κ1) is 7.59. The summed E-state index contributed by atoms with van der Waals surface area (Å²) in [5.74, 6) is 0. The summed E-state index contributed by atoms with van der Waals surface area (Å²) < 4.78 is 12.6. The van der Waals surface area contributed by atoms with Gasteiger partial charge in [-0.05, 0) is 24.5 Å². The van der Waals surface area contributed by atoms with E-state index in [9.17, 15) is 4.39 Å². The minimum Gasteiger partial charge on any atom is -0.398 e. The van der Waals surface area contributed by atoms with Crippen LogP contribution in [0.5, 0.6) is 0 Å². The second-order valence-electron chi connectivity index (χ2n) is 3.50. The van der Waals surface area contributed by atoms with Gasteiger partial charge in [0.2, 0.25) is 0 Å². The summed E-state index contributed by atoms with van der Waals surface area (Å²) in [7, 11) is 0. The molecule has 0 amide bonds. The van der Waals surface area contributed by atoms with E-state index in [1.54, 1.807) is 0 Å². The largest absolute Gasteiger partial charge is 0.398 e. The summed E-state index contributed by atoms with van der Waals surface area (Å²) in [6.07, 6.45) is 1.88. The molecule has 1 nitrogen and oxygen atoms in total. The molecule has 1 saturated carbocycles. The van der Waals surface area contributed by atoms with Gasteiger partial charge in [-0.1, -0.05) is 18.2 Å². The number of hydrogen-bond donors (Lipinski definition) is 1. The monoisotopic (exact) mass is 165 g/mol. The topological polar surface area (TPSA) is 26.0 Å². The first-order chi connectivity index (χ1) is 5.78. The molecule has 0 heterocycles. The Kier molecular flexibility index (Phi) is 1.56. The van der Waals surface area contributed by atoms with Crippen molar-refractivity contribution in [3.8, 4) is 0 Å². The summed E-state index contributed by atoms with van der Waals surface area (Å²) in [4.78, 5) is 0. The third kappa shape index (κ3) is 0.986. The van der Waals surface area contributed by atoms with Gasteiger partial charge in [0.25, 0.3) is 0 Å². The zero-order valence-electron chi connectivity index (χ0n) is 6.89. The predicted molar refractivity (Wildman–Crippen MR) is 47.7 cm³/mol. The Morgan fingerprint density at radius 3 is 2.50 bits per heavy atom. The van der Waals surface area contributed by atoms with Crippen LogP contribution in [-0.4, -0.2) is 6.67 Å². The molecule has 0 aromatic heterocycles. The van der Waals surface area contributed by atoms with Crippen LogP contribution in [0.25, 0.3) is 0 Å². The Labute approximate surface area is 71.4 Å². The SMILES string of the molecule is Nc1ccccc1C1(CF)CC1. The normalized spacial score (nSPS) is 19.1. The molecular formula is C10H12FN. The van der Waals surface area contributed by atoms with Crippen molar-refractivity contribution in [1.29, 1.82) is 0 Å². The van der Waals surface area contributed by atoms with Crippen molar-refractivity contribution in [3.05, 3.63) is 29.8 Å². The standard InChI is InChI=1S/C10H12FN/c11-7-10(5-6-10)8-3-1-2-4-9(8)12/h1-4H,5-7,12H2. The number of hydrogen-bond acceptors (Lipinski definition) is 1. The third-order valence-corrected chi connectivity index (χ3v) is 2.64. The highest BCUT2D eigenvalue weighted by Crippen LogP contribution is 2.50. The minimum atomic E-state index is -0.277. The van der Waals surface area contributed by atoms with Crippen LogP contribution in [0, 0.1) is 0 Å². The number of halogens is 1. The molecule has 1 aromatic rings. The van der Waals surface area contributed by atoms with Crippen molar-refractivity contribution in [3.63, 3.8) is 0 Å². The van der Waals surface area contributed by atoms with Gasteiger partial charge in [0.15, 0.2) is 0 Å². The Hall–Kier alpha value is -1.05. The highest BCUT2D eigenvalue weighted by molar-refractivity contribution is 5.53. The Morgan fingerprint density at radius 1 is 1.33 bits per heavy atom. The lowest BCUT2D eigenvalue weighted by Gasteiger charge is -2.12. The minimum absolute atomic E-state index is 0.217. The average molecular weight is 165 g/mol. The summed E-state index contributed by atoms with van der Waals surface area (Å²) in [5, 5.41) is 0. The maximum absolute atomic E-state index is 12.6. The molecule has 0 atom stereocenters. The van der Waals surface area contributed by atoms with Crippen molar-refractivity contribution in [2.75, 3.05) is 12.4 Å². The van der Waals surface area contributed by atoms with Crippen LogP contribution in [0.1, 0.15) is 18.4 Å². The van der Waals surface area contributed by atoms with Crippen LogP contribution in [0.4, 0.5) is 10.1 Å². The average Bonchev–Trinajstić information content (AvgIpc) is 2.86. The van der Waals surface area contributed by atoms with Crippen molar-refractivity contribution < 1.29 is 4.39 Å². The molecule has 0 aliphatic heterocycles. The van der Waals surface area contributed by atoms with Crippen LogP contribution in [-0.2, 0) is 5.41 Å². The smallest absolute Gasteiger partial charge is 0.0991 e. The summed E-state index contributed by atoms with van der Waals surface area (Å²) in [5.41, 5.74) is 7.26. The molecule has 12 heavy (non-hydrogen) atoms. The van der Waals surface area contributed by atoms with E-state index in [-0.39, 0.29) is 12.1 Å². The fourth-order valence-corrected chi connectivity index (χ4v) is 1.61. The van der Waals surface area contributed by atoms with Crippen LogP contribution in [0.3, 0.4) is 0 Å². The first-order valence-corrected chi connectivity index (χ1v) is 4.19. The van der Waals surface area contributed by atoms with Gasteiger partial charge >= 0.3 is 0 Å². The lowest BCUT2D eigenvalue weighted by atomic mass is 9.96. The van der Waals surface area contributed by atoms with E-state index in [0.29, 0.717) is 0 Å². The number of alkyl halides is 1. The molecule has 2 heteroatoms. The van der Waals surface area contributed by atoms with E-state index in [0.717, 1.165) is 24.1 Å². The van der Waals surface area contributed by atoms with E-state index >= 15 is 0 Å². The van der Waals surface area contributed by atoms with Gasteiger partial charge in [-0.2, -0.15) is 0 Å². The van der Waals surface area contributed by atoms with E-state index in [1.807, 2.05) is 24.3 Å². The predicted octanol–water partition coefficient (Wildman–Crippen LogP) is 2.27. The second-order valence-corrected chi connectivity index (χ2v) is 3.50. The van der Waals surface area contributed by atoms with Gasteiger partial charge in [-0.3, -0.25) is 4.39 Å². The zero-order valence-corrected chi connectivity index (χ0v) is 6.89.